The van der Waals surface area contributed by atoms with Gasteiger partial charge in [-0.1, -0.05) is 0 Å². The van der Waals surface area contributed by atoms with Crippen LogP contribution < -0.4 is 0 Å². The summed E-state index contributed by atoms with van der Waals surface area (Å²) in [5, 5.41) is 8.79. The lowest BCUT2D eigenvalue weighted by atomic mass is 10.4. The third-order valence-corrected chi connectivity index (χ3v) is 2.66. The Morgan fingerprint density at radius 3 is 2.94 bits per heavy atom. The average Bonchev–Trinajstić information content (AvgIpc) is 2.83. The van der Waals surface area contributed by atoms with Crippen LogP contribution in [0.1, 0.15) is 29.4 Å². The summed E-state index contributed by atoms with van der Waals surface area (Å²) in [4.78, 5) is 21.6. The normalized spacial score (nSPS) is 15.2. The molecule has 1 fully saturated rings. The number of imidazole rings is 2. The molecule has 6 heteroatoms. The molecule has 1 aliphatic carbocycles. The van der Waals surface area contributed by atoms with E-state index in [9.17, 15) is 4.79 Å². The van der Waals surface area contributed by atoms with Gasteiger partial charge in [0.05, 0.1) is 18.7 Å². The van der Waals surface area contributed by atoms with Crippen LogP contribution in [0.25, 0.3) is 11.5 Å². The third kappa shape index (κ3) is 1.39. The van der Waals surface area contributed by atoms with Gasteiger partial charge in [-0.25, -0.2) is 14.8 Å². The van der Waals surface area contributed by atoms with E-state index >= 15 is 0 Å². The van der Waals surface area contributed by atoms with Gasteiger partial charge in [0.15, 0.2) is 5.82 Å². The molecular formula is C10H10N4O2. The zero-order valence-electron chi connectivity index (χ0n) is 8.42. The zero-order chi connectivity index (χ0) is 11.1. The van der Waals surface area contributed by atoms with Crippen molar-refractivity contribution in [2.45, 2.75) is 18.9 Å². The highest BCUT2D eigenvalue weighted by molar-refractivity contribution is 5.85. The SMILES string of the molecule is O=C(O)c1cnc(-c2cncn2C2CC2)[nH]1. The molecule has 0 aliphatic heterocycles. The number of hydrogen-bond donors (Lipinski definition) is 2. The number of carboxylic acid groups (broad SMARTS) is 1. The molecule has 16 heavy (non-hydrogen) atoms. The van der Waals surface area contributed by atoms with Crippen molar-refractivity contribution in [3.05, 3.63) is 24.4 Å². The Hall–Kier alpha value is -2.11. The lowest BCUT2D eigenvalue weighted by molar-refractivity contribution is 0.0691. The van der Waals surface area contributed by atoms with E-state index in [0.29, 0.717) is 11.9 Å². The maximum atomic E-state index is 10.7. The highest BCUT2D eigenvalue weighted by Gasteiger charge is 2.26. The van der Waals surface area contributed by atoms with Crippen molar-refractivity contribution in [2.75, 3.05) is 0 Å². The van der Waals surface area contributed by atoms with Crippen molar-refractivity contribution in [1.82, 2.24) is 19.5 Å². The van der Waals surface area contributed by atoms with E-state index in [2.05, 4.69) is 15.0 Å². The predicted octanol–water partition coefficient (Wildman–Crippen LogP) is 1.31. The number of hydrogen-bond acceptors (Lipinski definition) is 3. The Bertz CT molecular complexity index is 539. The van der Waals surface area contributed by atoms with Gasteiger partial charge < -0.3 is 14.7 Å². The van der Waals surface area contributed by atoms with E-state index in [4.69, 9.17) is 5.11 Å². The van der Waals surface area contributed by atoms with Gasteiger partial charge in [-0.3, -0.25) is 0 Å². The van der Waals surface area contributed by atoms with Crippen LogP contribution in [0.4, 0.5) is 0 Å². The standard InChI is InChI=1S/C10H10N4O2/c15-10(16)7-3-12-9(13-7)8-4-11-5-14(8)6-1-2-6/h3-6H,1-2H2,(H,12,13)(H,15,16). The first kappa shape index (κ1) is 9.14. The molecule has 0 atom stereocenters. The summed E-state index contributed by atoms with van der Waals surface area (Å²) in [5.41, 5.74) is 0.938. The molecule has 0 spiro atoms. The van der Waals surface area contributed by atoms with Crippen molar-refractivity contribution in [3.8, 4) is 11.5 Å². The summed E-state index contributed by atoms with van der Waals surface area (Å²) >= 11 is 0. The molecule has 2 aromatic heterocycles. The van der Waals surface area contributed by atoms with Crippen molar-refractivity contribution in [1.29, 1.82) is 0 Å². The summed E-state index contributed by atoms with van der Waals surface area (Å²) in [7, 11) is 0. The molecule has 2 heterocycles. The quantitative estimate of drug-likeness (QED) is 0.813. The molecule has 82 valence electrons. The smallest absolute Gasteiger partial charge is 0.353 e. The zero-order valence-corrected chi connectivity index (χ0v) is 8.42. The maximum Gasteiger partial charge on any atom is 0.353 e. The van der Waals surface area contributed by atoms with Crippen LogP contribution in [-0.2, 0) is 0 Å². The van der Waals surface area contributed by atoms with Gasteiger partial charge in [-0.05, 0) is 12.8 Å². The molecule has 3 rings (SSSR count). The van der Waals surface area contributed by atoms with E-state index in [0.717, 1.165) is 18.5 Å². The van der Waals surface area contributed by atoms with Crippen LogP contribution in [0.15, 0.2) is 18.7 Å². The Kier molecular flexibility index (Phi) is 1.82. The van der Waals surface area contributed by atoms with Crippen LogP contribution in [-0.4, -0.2) is 30.6 Å². The van der Waals surface area contributed by atoms with Gasteiger partial charge in [0, 0.05) is 6.04 Å². The molecule has 1 aliphatic rings. The minimum absolute atomic E-state index is 0.0959. The molecule has 0 aromatic carbocycles. The number of aromatic nitrogens is 4. The van der Waals surface area contributed by atoms with Crippen LogP contribution in [0.2, 0.25) is 0 Å². The number of carboxylic acids is 1. The molecule has 0 unspecified atom stereocenters. The van der Waals surface area contributed by atoms with Gasteiger partial charge in [0.1, 0.15) is 11.4 Å². The van der Waals surface area contributed by atoms with Gasteiger partial charge in [-0.15, -0.1) is 0 Å². The number of nitrogens with one attached hydrogen (secondary N) is 1. The Morgan fingerprint density at radius 2 is 2.31 bits per heavy atom. The third-order valence-electron chi connectivity index (χ3n) is 2.66. The number of aromatic amines is 1. The number of H-pyrrole nitrogens is 1. The monoisotopic (exact) mass is 218 g/mol. The highest BCUT2D eigenvalue weighted by Crippen LogP contribution is 2.37. The van der Waals surface area contributed by atoms with Gasteiger partial charge >= 0.3 is 5.97 Å². The molecule has 6 nitrogen and oxygen atoms in total. The minimum Gasteiger partial charge on any atom is -0.477 e. The van der Waals surface area contributed by atoms with E-state index in [1.165, 1.54) is 6.20 Å². The Labute approximate surface area is 91.0 Å². The molecule has 1 saturated carbocycles. The molecular weight excluding hydrogens is 208 g/mol. The predicted molar refractivity (Wildman–Crippen MR) is 55.0 cm³/mol. The first-order valence-corrected chi connectivity index (χ1v) is 5.06. The highest BCUT2D eigenvalue weighted by atomic mass is 16.4. The van der Waals surface area contributed by atoms with Gasteiger partial charge in [0.2, 0.25) is 0 Å². The second-order valence-corrected chi connectivity index (χ2v) is 3.87. The molecule has 0 amide bonds. The molecule has 2 aromatic rings. The topological polar surface area (TPSA) is 83.8 Å². The van der Waals surface area contributed by atoms with Gasteiger partial charge in [-0.2, -0.15) is 0 Å². The summed E-state index contributed by atoms with van der Waals surface area (Å²) in [6.45, 7) is 0. The maximum absolute atomic E-state index is 10.7. The fraction of sp³-hybridized carbons (Fsp3) is 0.300. The number of rotatable bonds is 3. The fourth-order valence-electron chi connectivity index (χ4n) is 1.69. The molecule has 0 saturated heterocycles. The van der Waals surface area contributed by atoms with Crippen LogP contribution in [0.5, 0.6) is 0 Å². The first-order chi connectivity index (χ1) is 7.75. The van der Waals surface area contributed by atoms with E-state index in [-0.39, 0.29) is 5.69 Å². The fourth-order valence-corrected chi connectivity index (χ4v) is 1.69. The summed E-state index contributed by atoms with van der Waals surface area (Å²) in [5.74, 6) is -0.446. The van der Waals surface area contributed by atoms with Crippen molar-refractivity contribution in [2.24, 2.45) is 0 Å². The summed E-state index contributed by atoms with van der Waals surface area (Å²) in [6.07, 6.45) is 7.08. The number of aromatic carboxylic acids is 1. The molecule has 2 N–H and O–H groups in total. The van der Waals surface area contributed by atoms with Crippen LogP contribution in [0.3, 0.4) is 0 Å². The van der Waals surface area contributed by atoms with Crippen molar-refractivity contribution < 1.29 is 9.90 Å². The lowest BCUT2D eigenvalue weighted by Crippen LogP contribution is -1.98. The van der Waals surface area contributed by atoms with Gasteiger partial charge in [0.25, 0.3) is 0 Å². The largest absolute Gasteiger partial charge is 0.477 e. The summed E-state index contributed by atoms with van der Waals surface area (Å²) in [6, 6.07) is 0.496. The van der Waals surface area contributed by atoms with Crippen LogP contribution in [0, 0.1) is 0 Å². The molecule has 0 radical (unpaired) electrons. The van der Waals surface area contributed by atoms with Crippen molar-refractivity contribution in [3.63, 3.8) is 0 Å². The molecule has 0 bridgehead atoms. The number of nitrogens with zero attached hydrogens (tertiary/aromatic N) is 3. The van der Waals surface area contributed by atoms with E-state index in [1.807, 2.05) is 4.57 Å². The second kappa shape index (κ2) is 3.19. The van der Waals surface area contributed by atoms with Crippen molar-refractivity contribution >= 4 is 5.97 Å². The van der Waals surface area contributed by atoms with E-state index < -0.39 is 5.97 Å². The second-order valence-electron chi connectivity index (χ2n) is 3.87. The Morgan fingerprint density at radius 1 is 1.50 bits per heavy atom. The van der Waals surface area contributed by atoms with E-state index in [1.54, 1.807) is 12.5 Å². The average molecular weight is 218 g/mol. The minimum atomic E-state index is -1.00. The lowest BCUT2D eigenvalue weighted by Gasteiger charge is -2.02. The van der Waals surface area contributed by atoms with Crippen LogP contribution >= 0.6 is 0 Å². The first-order valence-electron chi connectivity index (χ1n) is 5.06. The Balaban J connectivity index is 2.00. The summed E-state index contributed by atoms with van der Waals surface area (Å²) < 4.78 is 2.03. The number of carbonyl (C=O) groups is 1.